The van der Waals surface area contributed by atoms with E-state index in [0.717, 1.165) is 39.9 Å². The van der Waals surface area contributed by atoms with Crippen molar-refractivity contribution >= 4 is 77.5 Å². The Morgan fingerprint density at radius 1 is 0.585 bits per heavy atom. The van der Waals surface area contributed by atoms with Gasteiger partial charge in [-0.05, 0) is 109 Å². The smallest absolute Gasteiger partial charge is 0.456 e. The summed E-state index contributed by atoms with van der Waals surface area (Å²) in [5.41, 5.74) is 0. The normalized spacial score (nSPS) is 28.4. The quantitative estimate of drug-likeness (QED) is 0.149. The van der Waals surface area contributed by atoms with E-state index in [-0.39, 0.29) is 0 Å². The fourth-order valence-electron chi connectivity index (χ4n) is 5.55. The Morgan fingerprint density at radius 2 is 0.976 bits per heavy atom. The number of hydrogen-bond acceptors (Lipinski definition) is 9. The summed E-state index contributed by atoms with van der Waals surface area (Å²) in [5, 5.41) is 0. The second kappa shape index (κ2) is 15.5. The molecule has 1 aliphatic rings. The lowest BCUT2D eigenvalue weighted by atomic mass is 10.9. The van der Waals surface area contributed by atoms with Crippen molar-refractivity contribution < 1.29 is 38.3 Å². The first-order valence-corrected chi connectivity index (χ1v) is 38.5. The molecule has 3 unspecified atom stereocenters. The second-order valence-electron chi connectivity index (χ2n) is 14.4. The highest BCUT2D eigenvalue weighted by molar-refractivity contribution is 6.95. The van der Waals surface area contributed by atoms with Gasteiger partial charge in [-0.25, -0.2) is 0 Å². The maximum atomic E-state index is 7.32. The molecule has 0 spiro atoms. The molecule has 1 heterocycles. The van der Waals surface area contributed by atoms with Crippen molar-refractivity contribution in [3.05, 3.63) is 0 Å². The maximum absolute atomic E-state index is 7.32. The monoisotopic (exact) mass is 734 g/mol. The van der Waals surface area contributed by atoms with Crippen LogP contribution in [0, 0.1) is 0 Å². The summed E-state index contributed by atoms with van der Waals surface area (Å²) in [6.45, 7) is 29.2. The SMILES string of the molecule is CO[Si](CC[Si]1(C)O[Si](C)(C)O[Si](C)(CC[Si](C)(C)OC[Si]C)O[Si](C)(CC[Si](C)(C)O[Si](C)(C)C)O1)(OC)OC. The van der Waals surface area contributed by atoms with Gasteiger partial charge in [0.15, 0.2) is 25.0 Å². The highest BCUT2D eigenvalue weighted by Crippen LogP contribution is 2.40. The largest absolute Gasteiger partial charge is 0.500 e. The molecular formula is C23H62O9Si9. The van der Waals surface area contributed by atoms with Crippen molar-refractivity contribution in [1.29, 1.82) is 0 Å². The van der Waals surface area contributed by atoms with E-state index in [9.17, 15) is 0 Å². The van der Waals surface area contributed by atoms with Crippen LogP contribution in [0.2, 0.25) is 121 Å². The Bertz CT molecular complexity index is 806. The molecule has 41 heavy (non-hydrogen) atoms. The van der Waals surface area contributed by atoms with Gasteiger partial charge in [-0.1, -0.05) is 6.55 Å². The molecular weight excluding hydrogens is 673 g/mol. The summed E-state index contributed by atoms with van der Waals surface area (Å²) in [5.74, 6) is 0. The van der Waals surface area contributed by atoms with Crippen LogP contribution in [0.25, 0.3) is 0 Å². The molecule has 0 aromatic rings. The summed E-state index contributed by atoms with van der Waals surface area (Å²) < 4.78 is 59.0. The fourth-order valence-corrected chi connectivity index (χ4v) is 47.7. The second-order valence-corrected chi connectivity index (χ2v) is 46.2. The van der Waals surface area contributed by atoms with Crippen molar-refractivity contribution in [2.45, 2.75) is 121 Å². The van der Waals surface area contributed by atoms with E-state index in [2.05, 4.69) is 85.1 Å². The van der Waals surface area contributed by atoms with E-state index in [4.69, 9.17) is 38.3 Å². The highest BCUT2D eigenvalue weighted by atomic mass is 28.5. The third kappa shape index (κ3) is 14.7. The van der Waals surface area contributed by atoms with E-state index in [1.807, 2.05) is 0 Å². The Morgan fingerprint density at radius 3 is 1.37 bits per heavy atom. The van der Waals surface area contributed by atoms with Crippen molar-refractivity contribution in [1.82, 2.24) is 0 Å². The van der Waals surface area contributed by atoms with Crippen LogP contribution < -0.4 is 0 Å². The van der Waals surface area contributed by atoms with Gasteiger partial charge in [0.05, 0.1) is 9.52 Å². The molecule has 1 aliphatic heterocycles. The molecule has 0 saturated carbocycles. The van der Waals surface area contributed by atoms with Crippen LogP contribution >= 0.6 is 0 Å². The predicted molar refractivity (Wildman–Crippen MR) is 189 cm³/mol. The van der Waals surface area contributed by atoms with Crippen LogP contribution in [0.3, 0.4) is 0 Å². The van der Waals surface area contributed by atoms with Crippen molar-refractivity contribution in [3.8, 4) is 0 Å². The van der Waals surface area contributed by atoms with Gasteiger partial charge in [-0.2, -0.15) is 0 Å². The van der Waals surface area contributed by atoms with Crippen molar-refractivity contribution in [2.24, 2.45) is 0 Å². The van der Waals surface area contributed by atoms with Crippen molar-refractivity contribution in [2.75, 3.05) is 27.6 Å². The fraction of sp³-hybridized carbons (Fsp3) is 1.00. The zero-order valence-corrected chi connectivity index (χ0v) is 38.1. The van der Waals surface area contributed by atoms with E-state index < -0.39 is 68.0 Å². The van der Waals surface area contributed by atoms with Crippen LogP contribution in [-0.4, -0.2) is 105 Å². The molecule has 244 valence electrons. The molecule has 2 radical (unpaired) electrons. The molecule has 0 bridgehead atoms. The van der Waals surface area contributed by atoms with E-state index >= 15 is 0 Å². The van der Waals surface area contributed by atoms with Crippen LogP contribution in [0.1, 0.15) is 0 Å². The summed E-state index contributed by atoms with van der Waals surface area (Å²) in [6, 6.07) is 5.07. The maximum Gasteiger partial charge on any atom is 0.500 e. The Kier molecular flexibility index (Phi) is 15.3. The molecule has 1 fully saturated rings. The van der Waals surface area contributed by atoms with Gasteiger partial charge < -0.3 is 38.3 Å². The van der Waals surface area contributed by atoms with Crippen LogP contribution in [-0.2, 0) is 38.3 Å². The summed E-state index contributed by atoms with van der Waals surface area (Å²) in [7, 11) is -13.2. The summed E-state index contributed by atoms with van der Waals surface area (Å²) in [6.07, 6.45) is 0.841. The minimum atomic E-state index is -2.80. The molecule has 9 nitrogen and oxygen atoms in total. The molecule has 0 N–H and O–H groups in total. The lowest BCUT2D eigenvalue weighted by Crippen LogP contribution is -2.67. The van der Waals surface area contributed by atoms with Gasteiger partial charge in [0.1, 0.15) is 0 Å². The molecule has 0 aromatic carbocycles. The Balaban J connectivity index is 3.40. The number of rotatable bonds is 17. The van der Waals surface area contributed by atoms with Crippen LogP contribution in [0.5, 0.6) is 0 Å². The minimum absolute atomic E-state index is 0.622. The van der Waals surface area contributed by atoms with E-state index in [1.54, 1.807) is 21.3 Å². The average Bonchev–Trinajstić information content (AvgIpc) is 2.79. The van der Waals surface area contributed by atoms with Crippen molar-refractivity contribution in [3.63, 3.8) is 0 Å². The average molecular weight is 736 g/mol. The van der Waals surface area contributed by atoms with Crippen LogP contribution in [0.4, 0.5) is 0 Å². The molecule has 1 rings (SSSR count). The van der Waals surface area contributed by atoms with Gasteiger partial charge in [0.25, 0.3) is 0 Å². The zero-order valence-electron chi connectivity index (χ0n) is 29.1. The summed E-state index contributed by atoms with van der Waals surface area (Å²) in [4.78, 5) is 0. The van der Waals surface area contributed by atoms with Crippen LogP contribution in [0.15, 0.2) is 0 Å². The third-order valence-corrected chi connectivity index (χ3v) is 38.4. The van der Waals surface area contributed by atoms with E-state index in [1.165, 1.54) is 0 Å². The van der Waals surface area contributed by atoms with Gasteiger partial charge in [0, 0.05) is 33.6 Å². The molecule has 1 saturated heterocycles. The number of hydrogen-bond donors (Lipinski definition) is 0. The zero-order chi connectivity index (χ0) is 32.0. The molecule has 18 heteroatoms. The van der Waals surface area contributed by atoms with E-state index in [0.29, 0.717) is 12.1 Å². The molecule has 3 atom stereocenters. The molecule has 0 aromatic heterocycles. The molecule has 0 aliphatic carbocycles. The van der Waals surface area contributed by atoms with Gasteiger partial charge in [-0.3, -0.25) is 0 Å². The van der Waals surface area contributed by atoms with Gasteiger partial charge in [-0.15, -0.1) is 0 Å². The highest BCUT2D eigenvalue weighted by Gasteiger charge is 2.57. The lowest BCUT2D eigenvalue weighted by Gasteiger charge is -2.50. The first-order valence-electron chi connectivity index (χ1n) is 14.8. The predicted octanol–water partition coefficient (Wildman–Crippen LogP) is 6.85. The third-order valence-electron chi connectivity index (χ3n) is 7.16. The first-order chi connectivity index (χ1) is 18.4. The van der Waals surface area contributed by atoms with Gasteiger partial charge >= 0.3 is 43.0 Å². The standard InChI is InChI=1S/C23H62O9Si9/c1-24-41(25-2,26-3)22-21-39(15)30-37(12,13)29-38(14,19-17-35(8,9)27-23-33-4)31-40(16,32-39)20-18-36(10,11)28-34(5,6)7/h17-23H2,1-16H3. The Labute approximate surface area is 263 Å². The lowest BCUT2D eigenvalue weighted by molar-refractivity contribution is 0.124. The summed E-state index contributed by atoms with van der Waals surface area (Å²) >= 11 is 0. The first kappa shape index (κ1) is 40.6. The van der Waals surface area contributed by atoms with Gasteiger partial charge in [0.2, 0.25) is 0 Å². The topological polar surface area (TPSA) is 83.1 Å². The minimum Gasteiger partial charge on any atom is -0.456 e. The Hall–Kier alpha value is 1.59. The molecule has 0 amide bonds.